The number of nitrogens with zero attached hydrogens (tertiary/aromatic N) is 3. The number of aromatic nitrogens is 2. The zero-order valence-electron chi connectivity index (χ0n) is 10.5. The van der Waals surface area contributed by atoms with Gasteiger partial charge < -0.3 is 10.6 Å². The number of nitrogens with two attached hydrogens (primary N) is 1. The van der Waals surface area contributed by atoms with E-state index in [9.17, 15) is 0 Å². The summed E-state index contributed by atoms with van der Waals surface area (Å²) in [6, 6.07) is 2.37. The third-order valence-corrected chi connectivity index (χ3v) is 3.67. The van der Waals surface area contributed by atoms with Gasteiger partial charge in [0.15, 0.2) is 0 Å². The largest absolute Gasteiger partial charge is 0.359 e. The van der Waals surface area contributed by atoms with Gasteiger partial charge in [-0.1, -0.05) is 0 Å². The zero-order chi connectivity index (χ0) is 12.4. The molecular formula is C12H18N4S. The monoisotopic (exact) mass is 250 g/mol. The Morgan fingerprint density at radius 2 is 2.24 bits per heavy atom. The second kappa shape index (κ2) is 4.98. The molecule has 4 nitrogen and oxygen atoms in total. The van der Waals surface area contributed by atoms with Crippen molar-refractivity contribution in [1.82, 2.24) is 9.97 Å². The van der Waals surface area contributed by atoms with E-state index in [4.69, 9.17) is 5.73 Å². The number of rotatable bonds is 4. The average Bonchev–Trinajstić information content (AvgIpc) is 2.65. The lowest BCUT2D eigenvalue weighted by Gasteiger charge is -2.19. The van der Waals surface area contributed by atoms with E-state index >= 15 is 0 Å². The van der Waals surface area contributed by atoms with Crippen LogP contribution >= 0.6 is 11.3 Å². The fourth-order valence-corrected chi connectivity index (χ4v) is 2.61. The van der Waals surface area contributed by atoms with Crippen molar-refractivity contribution in [2.24, 2.45) is 5.73 Å². The predicted molar refractivity (Wildman–Crippen MR) is 73.7 cm³/mol. The summed E-state index contributed by atoms with van der Waals surface area (Å²) in [5, 5.41) is 1.14. The van der Waals surface area contributed by atoms with E-state index in [1.54, 1.807) is 17.7 Å². The topological polar surface area (TPSA) is 55.0 Å². The SMILES string of the molecule is Cc1cc2c(N(C)CCC(C)N)ncnc2s1. The summed E-state index contributed by atoms with van der Waals surface area (Å²) in [4.78, 5) is 13.1. The number of hydrogen-bond donors (Lipinski definition) is 1. The van der Waals surface area contributed by atoms with Crippen LogP contribution in [0.1, 0.15) is 18.2 Å². The van der Waals surface area contributed by atoms with E-state index in [0.717, 1.165) is 29.0 Å². The molecule has 0 aliphatic heterocycles. The first kappa shape index (κ1) is 12.3. The maximum Gasteiger partial charge on any atom is 0.140 e. The summed E-state index contributed by atoms with van der Waals surface area (Å²) in [6.45, 7) is 5.04. The molecule has 5 heteroatoms. The molecule has 2 rings (SSSR count). The Balaban J connectivity index is 2.28. The van der Waals surface area contributed by atoms with Gasteiger partial charge in [0.1, 0.15) is 17.0 Å². The van der Waals surface area contributed by atoms with Crippen LogP contribution in [-0.4, -0.2) is 29.6 Å². The van der Waals surface area contributed by atoms with Crippen molar-refractivity contribution in [2.75, 3.05) is 18.5 Å². The number of fused-ring (bicyclic) bond motifs is 1. The van der Waals surface area contributed by atoms with Gasteiger partial charge in [0.05, 0.1) is 5.39 Å². The normalized spacial score (nSPS) is 12.9. The fraction of sp³-hybridized carbons (Fsp3) is 0.500. The van der Waals surface area contributed by atoms with Crippen molar-refractivity contribution < 1.29 is 0 Å². The molecule has 0 saturated heterocycles. The summed E-state index contributed by atoms with van der Waals surface area (Å²) < 4.78 is 0. The lowest BCUT2D eigenvalue weighted by atomic mass is 10.2. The van der Waals surface area contributed by atoms with E-state index in [1.165, 1.54) is 4.88 Å². The maximum atomic E-state index is 5.78. The van der Waals surface area contributed by atoms with Crippen LogP contribution in [0, 0.1) is 6.92 Å². The Morgan fingerprint density at radius 3 is 2.94 bits per heavy atom. The molecule has 0 aliphatic carbocycles. The van der Waals surface area contributed by atoms with Crippen LogP contribution in [0.2, 0.25) is 0 Å². The second-order valence-corrected chi connectivity index (χ2v) is 5.70. The molecule has 2 aromatic rings. The van der Waals surface area contributed by atoms with E-state index in [0.29, 0.717) is 0 Å². The van der Waals surface area contributed by atoms with Crippen LogP contribution in [-0.2, 0) is 0 Å². The van der Waals surface area contributed by atoms with Crippen LogP contribution < -0.4 is 10.6 Å². The summed E-state index contributed by atoms with van der Waals surface area (Å²) in [7, 11) is 2.05. The van der Waals surface area contributed by atoms with Crippen LogP contribution in [0.15, 0.2) is 12.4 Å². The lowest BCUT2D eigenvalue weighted by Crippen LogP contribution is -2.26. The molecule has 1 unspecified atom stereocenters. The minimum Gasteiger partial charge on any atom is -0.359 e. The summed E-state index contributed by atoms with van der Waals surface area (Å²) in [5.74, 6) is 1.00. The van der Waals surface area contributed by atoms with E-state index in [-0.39, 0.29) is 6.04 Å². The molecule has 0 spiro atoms. The van der Waals surface area contributed by atoms with Crippen molar-refractivity contribution in [3.63, 3.8) is 0 Å². The Kier molecular flexibility index (Phi) is 3.59. The molecule has 92 valence electrons. The van der Waals surface area contributed by atoms with Crippen molar-refractivity contribution in [2.45, 2.75) is 26.3 Å². The first-order valence-electron chi connectivity index (χ1n) is 5.76. The molecule has 0 aromatic carbocycles. The molecule has 2 aromatic heterocycles. The molecule has 2 N–H and O–H groups in total. The number of anilines is 1. The van der Waals surface area contributed by atoms with Crippen molar-refractivity contribution in [3.8, 4) is 0 Å². The minimum atomic E-state index is 0.221. The fourth-order valence-electron chi connectivity index (χ4n) is 1.77. The predicted octanol–water partition coefficient (Wildman–Crippen LogP) is 2.17. The average molecular weight is 250 g/mol. The van der Waals surface area contributed by atoms with E-state index in [2.05, 4.69) is 34.9 Å². The highest BCUT2D eigenvalue weighted by atomic mass is 32.1. The van der Waals surface area contributed by atoms with Crippen molar-refractivity contribution >= 4 is 27.4 Å². The highest BCUT2D eigenvalue weighted by molar-refractivity contribution is 7.18. The molecule has 0 aliphatic rings. The highest BCUT2D eigenvalue weighted by Crippen LogP contribution is 2.29. The van der Waals surface area contributed by atoms with Crippen LogP contribution in [0.3, 0.4) is 0 Å². The van der Waals surface area contributed by atoms with Gasteiger partial charge in [0, 0.05) is 24.5 Å². The van der Waals surface area contributed by atoms with E-state index in [1.807, 2.05) is 6.92 Å². The Hall–Kier alpha value is -1.20. The first-order valence-corrected chi connectivity index (χ1v) is 6.57. The zero-order valence-corrected chi connectivity index (χ0v) is 11.3. The van der Waals surface area contributed by atoms with Crippen LogP contribution in [0.4, 0.5) is 5.82 Å². The molecule has 17 heavy (non-hydrogen) atoms. The number of hydrogen-bond acceptors (Lipinski definition) is 5. The van der Waals surface area contributed by atoms with Gasteiger partial charge in [-0.15, -0.1) is 11.3 Å². The molecule has 0 amide bonds. The number of aryl methyl sites for hydroxylation is 1. The summed E-state index contributed by atoms with van der Waals surface area (Å²) >= 11 is 1.71. The van der Waals surface area contributed by atoms with Gasteiger partial charge in [-0.05, 0) is 26.3 Å². The smallest absolute Gasteiger partial charge is 0.140 e. The summed E-state index contributed by atoms with van der Waals surface area (Å²) in [6.07, 6.45) is 2.60. The second-order valence-electron chi connectivity index (χ2n) is 4.46. The van der Waals surface area contributed by atoms with Gasteiger partial charge in [-0.3, -0.25) is 0 Å². The Labute approximate surface area is 105 Å². The Morgan fingerprint density at radius 1 is 1.47 bits per heavy atom. The lowest BCUT2D eigenvalue weighted by molar-refractivity contribution is 0.657. The van der Waals surface area contributed by atoms with Crippen LogP contribution in [0.25, 0.3) is 10.2 Å². The molecule has 0 radical (unpaired) electrons. The van der Waals surface area contributed by atoms with Crippen LogP contribution in [0.5, 0.6) is 0 Å². The third-order valence-electron chi connectivity index (χ3n) is 2.71. The third kappa shape index (κ3) is 2.73. The van der Waals surface area contributed by atoms with Gasteiger partial charge in [-0.25, -0.2) is 9.97 Å². The molecule has 2 heterocycles. The van der Waals surface area contributed by atoms with Crippen molar-refractivity contribution in [3.05, 3.63) is 17.3 Å². The summed E-state index contributed by atoms with van der Waals surface area (Å²) in [5.41, 5.74) is 5.78. The minimum absolute atomic E-state index is 0.221. The van der Waals surface area contributed by atoms with E-state index < -0.39 is 0 Å². The number of thiophene rings is 1. The maximum absolute atomic E-state index is 5.78. The van der Waals surface area contributed by atoms with Crippen molar-refractivity contribution in [1.29, 1.82) is 0 Å². The molecule has 0 bridgehead atoms. The Bertz CT molecular complexity index is 506. The molecule has 0 saturated carbocycles. The molecule has 0 fully saturated rings. The highest BCUT2D eigenvalue weighted by Gasteiger charge is 2.11. The van der Waals surface area contributed by atoms with Gasteiger partial charge in [0.25, 0.3) is 0 Å². The van der Waals surface area contributed by atoms with Gasteiger partial charge >= 0.3 is 0 Å². The molecular weight excluding hydrogens is 232 g/mol. The van der Waals surface area contributed by atoms with Gasteiger partial charge in [-0.2, -0.15) is 0 Å². The standard InChI is InChI=1S/C12H18N4S/c1-8(13)4-5-16(3)11-10-6-9(2)17-12(10)15-7-14-11/h6-8H,4-5,13H2,1-3H3. The van der Waals surface area contributed by atoms with Gasteiger partial charge in [0.2, 0.25) is 0 Å². The first-order chi connectivity index (χ1) is 8.08. The quantitative estimate of drug-likeness (QED) is 0.903. The molecule has 1 atom stereocenters.